The van der Waals surface area contributed by atoms with Crippen molar-refractivity contribution < 1.29 is 23.4 Å². The van der Waals surface area contributed by atoms with E-state index in [2.05, 4.69) is 60.2 Å². The number of amides is 1. The number of β-lactam (4-membered cyclic amide) rings is 1. The van der Waals surface area contributed by atoms with Gasteiger partial charge in [0.05, 0.1) is 18.0 Å². The number of unbranched alkanes of at least 4 members (excludes halogenated alkanes) is 2. The van der Waals surface area contributed by atoms with Crippen molar-refractivity contribution in [3.8, 4) is 23.0 Å². The number of aromatic nitrogens is 3. The van der Waals surface area contributed by atoms with Crippen molar-refractivity contribution in [2.75, 3.05) is 18.5 Å². The number of carbonyl (C=O) groups excluding carboxylic acids is 1. The number of aromatic hydroxyl groups is 1. The standard InChI is InChI=1S/C31H35F2N5O3.C4H10.2C2H6/c1-5-7-10-31(3,4)16-41-30-37-28-22(29(38-30)35-14-18-12-24(40)36-18)15-34-27(26(28)33)21-13-19(39)11-17-8-9-23(32)20(6-2)25(17)21;1-3-4-2;2*1-2/h8-9,11,13,15,18,39H,5-7,10,12,14,16H2,1-4H3,(H,36,40)(H,35,37,38);3-4H2,1-2H3;2*1-2H3. The number of hydrogen-bond acceptors (Lipinski definition) is 7. The summed E-state index contributed by atoms with van der Waals surface area (Å²) in [5.41, 5.74) is 0.455. The normalized spacial score (nSPS) is 13.6. The van der Waals surface area contributed by atoms with Gasteiger partial charge >= 0.3 is 6.01 Å². The molecule has 1 aliphatic heterocycles. The summed E-state index contributed by atoms with van der Waals surface area (Å²) in [6.07, 6.45) is 7.93. The Hall–Kier alpha value is -4.08. The second-order valence-electron chi connectivity index (χ2n) is 12.4. The quantitative estimate of drug-likeness (QED) is 0.128. The van der Waals surface area contributed by atoms with Crippen LogP contribution in [0.3, 0.4) is 0 Å². The SMILES string of the molecule is CC.CC.CCCC.CCCCC(C)(C)COc1nc(NCC2CC(=O)N2)c2cnc(-c3cc(O)cc4ccc(F)c(CC)c34)c(F)c2n1. The summed E-state index contributed by atoms with van der Waals surface area (Å²) in [5, 5.41) is 17.8. The average Bonchev–Trinajstić information content (AvgIpc) is 3.10. The van der Waals surface area contributed by atoms with Gasteiger partial charge in [0.1, 0.15) is 28.6 Å². The Bertz CT molecular complexity index is 1650. The molecular formula is C39H57F2N5O3. The second-order valence-corrected chi connectivity index (χ2v) is 12.4. The van der Waals surface area contributed by atoms with E-state index in [0.717, 1.165) is 19.3 Å². The molecule has 4 aromatic rings. The van der Waals surface area contributed by atoms with Crippen molar-refractivity contribution in [3.63, 3.8) is 0 Å². The van der Waals surface area contributed by atoms with E-state index >= 15 is 4.39 Å². The van der Waals surface area contributed by atoms with Crippen LogP contribution in [0.1, 0.15) is 113 Å². The molecule has 10 heteroatoms. The van der Waals surface area contributed by atoms with E-state index in [9.17, 15) is 14.3 Å². The van der Waals surface area contributed by atoms with Gasteiger partial charge in [0.15, 0.2) is 5.82 Å². The molecule has 2 aromatic heterocycles. The van der Waals surface area contributed by atoms with E-state index in [1.165, 1.54) is 37.2 Å². The molecule has 2 aromatic carbocycles. The molecule has 1 fully saturated rings. The first-order chi connectivity index (χ1) is 23.5. The van der Waals surface area contributed by atoms with Crippen LogP contribution >= 0.6 is 0 Å². The lowest BCUT2D eigenvalue weighted by Crippen LogP contribution is -2.52. The maximum Gasteiger partial charge on any atom is 0.319 e. The Labute approximate surface area is 291 Å². The third-order valence-electron chi connectivity index (χ3n) is 8.04. The fourth-order valence-corrected chi connectivity index (χ4v) is 5.22. The van der Waals surface area contributed by atoms with Crippen LogP contribution < -0.4 is 15.4 Å². The third-order valence-corrected chi connectivity index (χ3v) is 8.04. The highest BCUT2D eigenvalue weighted by molar-refractivity contribution is 6.01. The molecule has 5 rings (SSSR count). The molecule has 49 heavy (non-hydrogen) atoms. The number of rotatable bonds is 12. The van der Waals surface area contributed by atoms with E-state index in [0.29, 0.717) is 53.5 Å². The Balaban J connectivity index is 0.000000956. The number of halogens is 2. The monoisotopic (exact) mass is 681 g/mol. The summed E-state index contributed by atoms with van der Waals surface area (Å²) in [4.78, 5) is 24.7. The predicted octanol–water partition coefficient (Wildman–Crippen LogP) is 10.1. The number of ether oxygens (including phenoxy) is 1. The van der Waals surface area contributed by atoms with E-state index in [4.69, 9.17) is 4.74 Å². The van der Waals surface area contributed by atoms with Gasteiger partial charge in [-0.15, -0.1) is 0 Å². The molecule has 3 N–H and O–H groups in total. The minimum Gasteiger partial charge on any atom is -0.508 e. The fourth-order valence-electron chi connectivity index (χ4n) is 5.22. The van der Waals surface area contributed by atoms with Gasteiger partial charge in [-0.3, -0.25) is 9.78 Å². The molecule has 1 atom stereocenters. The van der Waals surface area contributed by atoms with Gasteiger partial charge in [-0.1, -0.05) is 101 Å². The van der Waals surface area contributed by atoms with Crippen LogP contribution in [0.4, 0.5) is 14.6 Å². The molecule has 0 aliphatic carbocycles. The van der Waals surface area contributed by atoms with Crippen LogP contribution in [0.25, 0.3) is 32.9 Å². The number of nitrogens with one attached hydrogen (secondary N) is 2. The smallest absolute Gasteiger partial charge is 0.319 e. The minimum absolute atomic E-state index is 0.0133. The lowest BCUT2D eigenvalue weighted by Gasteiger charge is -2.27. The van der Waals surface area contributed by atoms with E-state index in [1.807, 2.05) is 34.6 Å². The number of nitrogens with zero attached hydrogens (tertiary/aromatic N) is 3. The molecule has 0 saturated carbocycles. The second kappa shape index (κ2) is 19.8. The first-order valence-corrected chi connectivity index (χ1v) is 18.0. The highest BCUT2D eigenvalue weighted by Crippen LogP contribution is 2.38. The third kappa shape index (κ3) is 10.7. The molecule has 1 amide bonds. The number of phenolic OH excluding ortho intramolecular Hbond substituents is 1. The number of pyridine rings is 1. The van der Waals surface area contributed by atoms with Gasteiger partial charge in [-0.2, -0.15) is 9.97 Å². The molecule has 0 bridgehead atoms. The van der Waals surface area contributed by atoms with E-state index in [1.54, 1.807) is 6.07 Å². The topological polar surface area (TPSA) is 109 Å². The molecule has 1 unspecified atom stereocenters. The van der Waals surface area contributed by atoms with Gasteiger partial charge in [0, 0.05) is 24.7 Å². The number of phenols is 1. The summed E-state index contributed by atoms with van der Waals surface area (Å²) in [7, 11) is 0. The van der Waals surface area contributed by atoms with Crippen LogP contribution in [0.2, 0.25) is 0 Å². The molecule has 0 spiro atoms. The van der Waals surface area contributed by atoms with Gasteiger partial charge < -0.3 is 20.5 Å². The Morgan fingerprint density at radius 1 is 1.02 bits per heavy atom. The van der Waals surface area contributed by atoms with Crippen molar-refractivity contribution in [1.29, 1.82) is 0 Å². The van der Waals surface area contributed by atoms with Crippen LogP contribution in [-0.4, -0.2) is 45.2 Å². The van der Waals surface area contributed by atoms with Gasteiger partial charge in [0.25, 0.3) is 0 Å². The molecule has 8 nitrogen and oxygen atoms in total. The van der Waals surface area contributed by atoms with Gasteiger partial charge in [0.2, 0.25) is 5.91 Å². The lowest BCUT2D eigenvalue weighted by molar-refractivity contribution is -0.127. The Morgan fingerprint density at radius 3 is 2.29 bits per heavy atom. The highest BCUT2D eigenvalue weighted by atomic mass is 19.1. The summed E-state index contributed by atoms with van der Waals surface area (Å²) in [6.45, 7) is 21.2. The van der Waals surface area contributed by atoms with Crippen molar-refractivity contribution >= 4 is 33.4 Å². The van der Waals surface area contributed by atoms with Crippen LogP contribution in [0, 0.1) is 17.0 Å². The van der Waals surface area contributed by atoms with Crippen LogP contribution in [0.5, 0.6) is 11.8 Å². The van der Waals surface area contributed by atoms with Crippen molar-refractivity contribution in [2.45, 2.75) is 120 Å². The average molecular weight is 682 g/mol. The van der Waals surface area contributed by atoms with E-state index < -0.39 is 11.6 Å². The highest BCUT2D eigenvalue weighted by Gasteiger charge is 2.27. The summed E-state index contributed by atoms with van der Waals surface area (Å²) < 4.78 is 37.2. The minimum atomic E-state index is -0.738. The Kier molecular flexibility index (Phi) is 16.6. The maximum absolute atomic E-state index is 16.4. The molecule has 3 heterocycles. The number of benzene rings is 2. The molecule has 270 valence electrons. The number of anilines is 1. The number of carbonyl (C=O) groups is 1. The van der Waals surface area contributed by atoms with Crippen LogP contribution in [0.15, 0.2) is 30.5 Å². The summed E-state index contributed by atoms with van der Waals surface area (Å²) >= 11 is 0. The lowest BCUT2D eigenvalue weighted by atomic mass is 9.88. The van der Waals surface area contributed by atoms with Crippen molar-refractivity contribution in [3.05, 3.63) is 47.7 Å². The zero-order valence-electron chi connectivity index (χ0n) is 31.2. The molecule has 1 aliphatic rings. The largest absolute Gasteiger partial charge is 0.508 e. The Morgan fingerprint density at radius 2 is 1.69 bits per heavy atom. The first kappa shape index (κ1) is 41.1. The van der Waals surface area contributed by atoms with E-state index in [-0.39, 0.29) is 45.9 Å². The maximum atomic E-state index is 16.4. The zero-order valence-corrected chi connectivity index (χ0v) is 31.2. The van der Waals surface area contributed by atoms with Crippen molar-refractivity contribution in [2.24, 2.45) is 5.41 Å². The zero-order chi connectivity index (χ0) is 36.7. The summed E-state index contributed by atoms with van der Waals surface area (Å²) in [6, 6.07) is 5.76. The fraction of sp³-hybridized carbons (Fsp3) is 0.538. The molecular weight excluding hydrogens is 624 g/mol. The molecule has 1 saturated heterocycles. The number of aryl methyl sites for hydroxylation is 1. The van der Waals surface area contributed by atoms with Crippen LogP contribution in [-0.2, 0) is 11.2 Å². The number of hydrogen-bond donors (Lipinski definition) is 3. The predicted molar refractivity (Wildman–Crippen MR) is 198 cm³/mol. The van der Waals surface area contributed by atoms with Gasteiger partial charge in [-0.05, 0) is 52.8 Å². The van der Waals surface area contributed by atoms with Crippen molar-refractivity contribution in [1.82, 2.24) is 20.3 Å². The summed E-state index contributed by atoms with van der Waals surface area (Å²) in [5.74, 6) is -0.934. The number of fused-ring (bicyclic) bond motifs is 2. The van der Waals surface area contributed by atoms with Gasteiger partial charge in [-0.25, -0.2) is 8.78 Å². The first-order valence-electron chi connectivity index (χ1n) is 18.0. The molecule has 0 radical (unpaired) electrons.